The van der Waals surface area contributed by atoms with E-state index in [1.165, 1.54) is 4.88 Å². The van der Waals surface area contributed by atoms with Crippen LogP contribution in [0.3, 0.4) is 0 Å². The number of fused-ring (bicyclic) bond motifs is 1. The van der Waals surface area contributed by atoms with Gasteiger partial charge < -0.3 is 11.1 Å². The molecule has 0 aliphatic heterocycles. The fraction of sp³-hybridized carbons (Fsp3) is 0. The summed E-state index contributed by atoms with van der Waals surface area (Å²) in [5.41, 5.74) is 8.74. The Morgan fingerprint density at radius 1 is 0.960 bits per heavy atom. The Labute approximate surface area is 165 Å². The zero-order chi connectivity index (χ0) is 17.4. The third-order valence-electron chi connectivity index (χ3n) is 3.66. The molecule has 0 aliphatic carbocycles. The van der Waals surface area contributed by atoms with Gasteiger partial charge in [0.25, 0.3) is 0 Å². The Bertz CT molecular complexity index is 1080. The summed E-state index contributed by atoms with van der Waals surface area (Å²) in [6.45, 7) is 0. The largest absolute Gasteiger partial charge is 0.368 e. The van der Waals surface area contributed by atoms with Gasteiger partial charge in [-0.1, -0.05) is 28.1 Å². The molecule has 25 heavy (non-hydrogen) atoms. The summed E-state index contributed by atoms with van der Waals surface area (Å²) in [5, 5.41) is 4.27. The van der Waals surface area contributed by atoms with Gasteiger partial charge in [-0.25, -0.2) is 4.98 Å². The van der Waals surface area contributed by atoms with E-state index in [1.54, 1.807) is 11.3 Å². The van der Waals surface area contributed by atoms with Crippen LogP contribution in [-0.4, -0.2) is 9.97 Å². The number of halogens is 2. The predicted octanol–water partition coefficient (Wildman–Crippen LogP) is 6.21. The quantitative estimate of drug-likeness (QED) is 0.369. The molecule has 4 nitrogen and oxygen atoms in total. The first-order valence-corrected chi connectivity index (χ1v) is 9.84. The van der Waals surface area contributed by atoms with Crippen LogP contribution in [0.4, 0.5) is 17.5 Å². The van der Waals surface area contributed by atoms with Crippen LogP contribution in [0.2, 0.25) is 0 Å². The SMILES string of the molecule is Nc1nc(Nc2cccc(Br)c2)c2cc(-c3ccc(Br)s3)ccc2n1. The highest BCUT2D eigenvalue weighted by molar-refractivity contribution is 9.11. The molecule has 124 valence electrons. The molecule has 0 saturated carbocycles. The van der Waals surface area contributed by atoms with Crippen molar-refractivity contribution in [1.82, 2.24) is 9.97 Å². The van der Waals surface area contributed by atoms with Gasteiger partial charge in [-0.2, -0.15) is 4.98 Å². The van der Waals surface area contributed by atoms with Gasteiger partial charge in [-0.3, -0.25) is 0 Å². The van der Waals surface area contributed by atoms with Crippen molar-refractivity contribution in [2.75, 3.05) is 11.1 Å². The average molecular weight is 476 g/mol. The monoisotopic (exact) mass is 474 g/mol. The zero-order valence-corrected chi connectivity index (χ0v) is 16.8. The van der Waals surface area contributed by atoms with Crippen molar-refractivity contribution in [3.05, 3.63) is 62.9 Å². The fourth-order valence-electron chi connectivity index (χ4n) is 2.57. The molecule has 4 aromatic rings. The summed E-state index contributed by atoms with van der Waals surface area (Å²) in [6.07, 6.45) is 0. The predicted molar refractivity (Wildman–Crippen MR) is 112 cm³/mol. The molecule has 2 aromatic heterocycles. The van der Waals surface area contributed by atoms with Crippen LogP contribution in [0.1, 0.15) is 0 Å². The molecule has 0 saturated heterocycles. The highest BCUT2D eigenvalue weighted by Gasteiger charge is 2.10. The van der Waals surface area contributed by atoms with Crippen LogP contribution in [-0.2, 0) is 0 Å². The highest BCUT2D eigenvalue weighted by Crippen LogP contribution is 2.34. The van der Waals surface area contributed by atoms with E-state index in [0.717, 1.165) is 30.4 Å². The number of hydrogen-bond acceptors (Lipinski definition) is 5. The molecular formula is C18H12Br2N4S. The Kier molecular flexibility index (Phi) is 4.45. The molecule has 7 heteroatoms. The van der Waals surface area contributed by atoms with Gasteiger partial charge in [0.05, 0.1) is 9.30 Å². The standard InChI is InChI=1S/C18H12Br2N4S/c19-11-2-1-3-12(9-11)22-17-13-8-10(15-6-7-16(20)25-15)4-5-14(13)23-18(21)24-17/h1-9H,(H3,21,22,23,24). The van der Waals surface area contributed by atoms with Crippen LogP contribution >= 0.6 is 43.2 Å². The van der Waals surface area contributed by atoms with E-state index in [1.807, 2.05) is 36.4 Å². The molecule has 0 atom stereocenters. The van der Waals surface area contributed by atoms with Gasteiger partial charge in [0.1, 0.15) is 5.82 Å². The second kappa shape index (κ2) is 6.74. The summed E-state index contributed by atoms with van der Waals surface area (Å²) in [6, 6.07) is 18.2. The Morgan fingerprint density at radius 3 is 2.60 bits per heavy atom. The highest BCUT2D eigenvalue weighted by atomic mass is 79.9. The van der Waals surface area contributed by atoms with Crippen molar-refractivity contribution in [2.24, 2.45) is 0 Å². The van der Waals surface area contributed by atoms with Gasteiger partial charge in [0.15, 0.2) is 0 Å². The zero-order valence-electron chi connectivity index (χ0n) is 12.8. The summed E-state index contributed by atoms with van der Waals surface area (Å²) >= 11 is 8.69. The number of rotatable bonds is 3. The van der Waals surface area contributed by atoms with E-state index in [2.05, 4.69) is 65.3 Å². The number of nitrogen functional groups attached to an aromatic ring is 1. The Morgan fingerprint density at radius 2 is 1.84 bits per heavy atom. The van der Waals surface area contributed by atoms with Crippen LogP contribution in [0.15, 0.2) is 62.9 Å². The Hall–Kier alpha value is -1.96. The van der Waals surface area contributed by atoms with Gasteiger partial charge in [-0.05, 0) is 64.0 Å². The van der Waals surface area contributed by atoms with Gasteiger partial charge in [-0.15, -0.1) is 11.3 Å². The van der Waals surface area contributed by atoms with Crippen molar-refractivity contribution in [1.29, 1.82) is 0 Å². The van der Waals surface area contributed by atoms with Gasteiger partial charge in [0, 0.05) is 20.4 Å². The number of aromatic nitrogens is 2. The maximum absolute atomic E-state index is 5.89. The van der Waals surface area contributed by atoms with E-state index in [9.17, 15) is 0 Å². The van der Waals surface area contributed by atoms with E-state index < -0.39 is 0 Å². The first-order valence-electron chi connectivity index (χ1n) is 7.44. The smallest absolute Gasteiger partial charge is 0.222 e. The molecule has 0 radical (unpaired) electrons. The lowest BCUT2D eigenvalue weighted by atomic mass is 10.1. The number of benzene rings is 2. The minimum atomic E-state index is 0.247. The topological polar surface area (TPSA) is 63.8 Å². The first-order chi connectivity index (χ1) is 12.1. The summed E-state index contributed by atoms with van der Waals surface area (Å²) < 4.78 is 2.09. The second-order valence-electron chi connectivity index (χ2n) is 5.40. The summed E-state index contributed by atoms with van der Waals surface area (Å²) in [4.78, 5) is 9.93. The van der Waals surface area contributed by atoms with Crippen LogP contribution in [0, 0.1) is 0 Å². The van der Waals surface area contributed by atoms with E-state index in [-0.39, 0.29) is 5.95 Å². The summed E-state index contributed by atoms with van der Waals surface area (Å²) in [5.74, 6) is 0.940. The molecular weight excluding hydrogens is 464 g/mol. The number of nitrogens with one attached hydrogen (secondary N) is 1. The number of thiophene rings is 1. The van der Waals surface area contributed by atoms with Gasteiger partial charge >= 0.3 is 0 Å². The minimum Gasteiger partial charge on any atom is -0.368 e. The molecule has 3 N–H and O–H groups in total. The third-order valence-corrected chi connectivity index (χ3v) is 5.82. The van der Waals surface area contributed by atoms with Crippen molar-refractivity contribution in [3.63, 3.8) is 0 Å². The van der Waals surface area contributed by atoms with Crippen LogP contribution in [0.5, 0.6) is 0 Å². The molecule has 0 unspecified atom stereocenters. The lowest BCUT2D eigenvalue weighted by molar-refractivity contribution is 1.23. The lowest BCUT2D eigenvalue weighted by Gasteiger charge is -2.11. The fourth-order valence-corrected chi connectivity index (χ4v) is 4.35. The van der Waals surface area contributed by atoms with Crippen LogP contribution in [0.25, 0.3) is 21.3 Å². The normalized spacial score (nSPS) is 11.0. The lowest BCUT2D eigenvalue weighted by Crippen LogP contribution is -2.01. The third kappa shape index (κ3) is 3.53. The second-order valence-corrected chi connectivity index (χ2v) is 8.78. The van der Waals surface area contributed by atoms with E-state index >= 15 is 0 Å². The molecule has 0 amide bonds. The molecule has 2 aromatic carbocycles. The van der Waals surface area contributed by atoms with Crippen molar-refractivity contribution < 1.29 is 0 Å². The van der Waals surface area contributed by atoms with Crippen molar-refractivity contribution in [2.45, 2.75) is 0 Å². The molecule has 0 spiro atoms. The van der Waals surface area contributed by atoms with Gasteiger partial charge in [0.2, 0.25) is 5.95 Å². The van der Waals surface area contributed by atoms with Crippen molar-refractivity contribution in [3.8, 4) is 10.4 Å². The maximum Gasteiger partial charge on any atom is 0.222 e. The molecule has 0 aliphatic rings. The number of nitrogens with zero attached hydrogens (tertiary/aromatic N) is 2. The van der Waals surface area contributed by atoms with Crippen LogP contribution < -0.4 is 11.1 Å². The molecule has 2 heterocycles. The first kappa shape index (κ1) is 16.5. The number of hydrogen-bond donors (Lipinski definition) is 2. The molecule has 4 rings (SSSR count). The van der Waals surface area contributed by atoms with Crippen molar-refractivity contribution >= 4 is 71.6 Å². The average Bonchev–Trinajstić information content (AvgIpc) is 3.01. The molecule has 0 bridgehead atoms. The number of nitrogens with two attached hydrogens (primary N) is 1. The molecule has 0 fully saturated rings. The summed E-state index contributed by atoms with van der Waals surface area (Å²) in [7, 11) is 0. The number of anilines is 3. The maximum atomic E-state index is 5.89. The minimum absolute atomic E-state index is 0.247. The Balaban J connectivity index is 1.84. The van der Waals surface area contributed by atoms with E-state index in [0.29, 0.717) is 5.82 Å². The van der Waals surface area contributed by atoms with E-state index in [4.69, 9.17) is 5.73 Å².